The predicted octanol–water partition coefficient (Wildman–Crippen LogP) is 6.88. The normalized spacial score (nSPS) is 14.2. The zero-order valence-corrected chi connectivity index (χ0v) is 22.1. The molecule has 1 aliphatic carbocycles. The first-order valence-electron chi connectivity index (χ1n) is 13.3. The van der Waals surface area contributed by atoms with Crippen LogP contribution in [0.2, 0.25) is 0 Å². The number of pyridine rings is 3. The molecular formula is C30H29N7S. The molecule has 0 saturated heterocycles. The van der Waals surface area contributed by atoms with Gasteiger partial charge in [0, 0.05) is 56.8 Å². The summed E-state index contributed by atoms with van der Waals surface area (Å²) in [6.45, 7) is 4.04. The smallest absolute Gasteiger partial charge is 0.138 e. The Balaban J connectivity index is 1.20. The molecule has 0 spiro atoms. The summed E-state index contributed by atoms with van der Waals surface area (Å²) in [5.41, 5.74) is 7.79. The summed E-state index contributed by atoms with van der Waals surface area (Å²) < 4.78 is 0. The van der Waals surface area contributed by atoms with Crippen LogP contribution in [-0.2, 0) is 6.54 Å². The topological polar surface area (TPSA) is 95.2 Å². The van der Waals surface area contributed by atoms with Crippen LogP contribution in [0.5, 0.6) is 0 Å². The lowest BCUT2D eigenvalue weighted by Crippen LogP contribution is -2.20. The molecule has 0 aromatic carbocycles. The number of rotatable bonds is 7. The number of nitrogens with one attached hydrogen (secondary N) is 3. The summed E-state index contributed by atoms with van der Waals surface area (Å²) in [7, 11) is 0. The molecule has 0 atom stereocenters. The minimum absolute atomic E-state index is 0.820. The number of aromatic amines is 2. The second kappa shape index (κ2) is 9.78. The van der Waals surface area contributed by atoms with Gasteiger partial charge in [-0.1, -0.05) is 12.8 Å². The Morgan fingerprint density at radius 1 is 1.00 bits per heavy atom. The molecule has 38 heavy (non-hydrogen) atoms. The number of H-pyrrole nitrogens is 2. The molecule has 0 radical (unpaired) electrons. The Hall–Kier alpha value is -3.88. The van der Waals surface area contributed by atoms with Crippen LogP contribution < -0.4 is 5.32 Å². The second-order valence-corrected chi connectivity index (χ2v) is 11.6. The van der Waals surface area contributed by atoms with E-state index in [0.29, 0.717) is 0 Å². The van der Waals surface area contributed by atoms with E-state index in [1.165, 1.54) is 46.6 Å². The van der Waals surface area contributed by atoms with Crippen LogP contribution in [0.4, 0.5) is 0 Å². The third-order valence-corrected chi connectivity index (χ3v) is 8.60. The molecule has 1 aliphatic rings. The van der Waals surface area contributed by atoms with Gasteiger partial charge in [-0.05, 0) is 74.2 Å². The second-order valence-electron chi connectivity index (χ2n) is 10.3. The first kappa shape index (κ1) is 23.3. The van der Waals surface area contributed by atoms with Crippen LogP contribution in [0.15, 0.2) is 61.2 Å². The summed E-state index contributed by atoms with van der Waals surface area (Å²) >= 11 is 1.79. The number of aromatic nitrogens is 6. The van der Waals surface area contributed by atoms with E-state index in [1.807, 2.05) is 24.8 Å². The van der Waals surface area contributed by atoms with Crippen LogP contribution in [0, 0.1) is 12.8 Å². The number of hydrogen-bond acceptors (Lipinski definition) is 6. The Morgan fingerprint density at radius 3 is 2.79 bits per heavy atom. The Morgan fingerprint density at radius 2 is 1.92 bits per heavy atom. The maximum absolute atomic E-state index is 4.71. The van der Waals surface area contributed by atoms with E-state index >= 15 is 0 Å². The minimum atomic E-state index is 0.820. The largest absolute Gasteiger partial charge is 0.338 e. The van der Waals surface area contributed by atoms with Gasteiger partial charge in [-0.3, -0.25) is 15.1 Å². The number of nitrogens with zero attached hydrogens (tertiary/aromatic N) is 4. The highest BCUT2D eigenvalue weighted by Crippen LogP contribution is 2.36. The fourth-order valence-corrected chi connectivity index (χ4v) is 6.49. The summed E-state index contributed by atoms with van der Waals surface area (Å²) in [5.74, 6) is 0.820. The molecule has 1 fully saturated rings. The quantitative estimate of drug-likeness (QED) is 0.214. The molecule has 7 nitrogen and oxygen atoms in total. The van der Waals surface area contributed by atoms with E-state index in [4.69, 9.17) is 4.98 Å². The van der Waals surface area contributed by atoms with Crippen LogP contribution in [-0.4, -0.2) is 36.7 Å². The maximum atomic E-state index is 4.71. The van der Waals surface area contributed by atoms with E-state index in [2.05, 4.69) is 73.8 Å². The average Bonchev–Trinajstić information content (AvgIpc) is 3.74. The van der Waals surface area contributed by atoms with Gasteiger partial charge in [0.15, 0.2) is 0 Å². The van der Waals surface area contributed by atoms with Crippen LogP contribution in [0.1, 0.15) is 36.1 Å². The van der Waals surface area contributed by atoms with E-state index in [1.54, 1.807) is 11.3 Å². The van der Waals surface area contributed by atoms with Gasteiger partial charge >= 0.3 is 0 Å². The average molecular weight is 520 g/mol. The van der Waals surface area contributed by atoms with Crippen molar-refractivity contribution in [1.29, 1.82) is 0 Å². The van der Waals surface area contributed by atoms with Crippen molar-refractivity contribution in [2.75, 3.05) is 6.54 Å². The molecule has 0 bridgehead atoms. The number of fused-ring (bicyclic) bond motifs is 2. The van der Waals surface area contributed by atoms with Gasteiger partial charge in [0.05, 0.1) is 23.1 Å². The van der Waals surface area contributed by atoms with Gasteiger partial charge in [0.2, 0.25) is 0 Å². The van der Waals surface area contributed by atoms with Gasteiger partial charge in [0.25, 0.3) is 0 Å². The van der Waals surface area contributed by atoms with Crippen LogP contribution in [0.25, 0.3) is 55.0 Å². The third-order valence-electron chi connectivity index (χ3n) is 7.57. The Bertz CT molecular complexity index is 1740. The standard InChI is InChI=1S/C30H29N7S/c1-18-6-7-28(38-18)22-8-9-33-30-23(22)11-26(35-30)29-24-12-25(34-17-27(24)36-37-29)21-10-20(15-32-16-21)14-31-13-19-4-2-3-5-19/h6-12,15-17,19,31H,2-5,13-14H2,1H3,(H,33,35)(H,36,37). The van der Waals surface area contributed by atoms with Crippen molar-refractivity contribution < 1.29 is 0 Å². The van der Waals surface area contributed by atoms with Gasteiger partial charge in [-0.25, -0.2) is 4.98 Å². The van der Waals surface area contributed by atoms with Gasteiger partial charge < -0.3 is 10.3 Å². The molecule has 190 valence electrons. The van der Waals surface area contributed by atoms with Gasteiger partial charge in [0.1, 0.15) is 11.3 Å². The lowest BCUT2D eigenvalue weighted by Gasteiger charge is -2.11. The first-order valence-corrected chi connectivity index (χ1v) is 14.1. The Labute approximate surface area is 224 Å². The summed E-state index contributed by atoms with van der Waals surface area (Å²) in [5, 5.41) is 13.5. The highest BCUT2D eigenvalue weighted by molar-refractivity contribution is 7.15. The summed E-state index contributed by atoms with van der Waals surface area (Å²) in [6.07, 6.45) is 13.0. The van der Waals surface area contributed by atoms with E-state index in [0.717, 1.165) is 63.6 Å². The third kappa shape index (κ3) is 4.40. The van der Waals surface area contributed by atoms with E-state index in [9.17, 15) is 0 Å². The van der Waals surface area contributed by atoms with Crippen molar-refractivity contribution in [3.63, 3.8) is 0 Å². The molecule has 3 N–H and O–H groups in total. The molecule has 0 aliphatic heterocycles. The molecule has 8 heteroatoms. The van der Waals surface area contributed by atoms with Crippen LogP contribution >= 0.6 is 11.3 Å². The lowest BCUT2D eigenvalue weighted by molar-refractivity contribution is 0.489. The molecule has 0 unspecified atom stereocenters. The predicted molar refractivity (Wildman–Crippen MR) is 154 cm³/mol. The lowest BCUT2D eigenvalue weighted by atomic mass is 10.1. The number of thiophene rings is 1. The zero-order valence-electron chi connectivity index (χ0n) is 21.3. The van der Waals surface area contributed by atoms with Crippen LogP contribution in [0.3, 0.4) is 0 Å². The molecule has 7 rings (SSSR count). The monoisotopic (exact) mass is 519 g/mol. The molecule has 6 heterocycles. The van der Waals surface area contributed by atoms with Crippen molar-refractivity contribution in [2.45, 2.75) is 39.2 Å². The fourth-order valence-electron chi connectivity index (χ4n) is 5.59. The van der Waals surface area contributed by atoms with E-state index < -0.39 is 0 Å². The molecule has 6 aromatic heterocycles. The molecule has 0 amide bonds. The fraction of sp³-hybridized carbons (Fsp3) is 0.267. The minimum Gasteiger partial charge on any atom is -0.338 e. The first-order chi connectivity index (χ1) is 18.7. The number of hydrogen-bond donors (Lipinski definition) is 3. The molecule has 6 aromatic rings. The summed E-state index contributed by atoms with van der Waals surface area (Å²) in [6, 6.07) is 12.9. The highest BCUT2D eigenvalue weighted by atomic mass is 32.1. The Kier molecular flexibility index (Phi) is 5.98. The molecular weight excluding hydrogens is 490 g/mol. The van der Waals surface area contributed by atoms with Gasteiger partial charge in [-0.2, -0.15) is 5.10 Å². The summed E-state index contributed by atoms with van der Waals surface area (Å²) in [4.78, 5) is 19.8. The maximum Gasteiger partial charge on any atom is 0.138 e. The van der Waals surface area contributed by atoms with Crippen molar-refractivity contribution in [3.8, 4) is 33.1 Å². The van der Waals surface area contributed by atoms with Crippen molar-refractivity contribution in [1.82, 2.24) is 35.5 Å². The van der Waals surface area contributed by atoms with Gasteiger partial charge in [-0.15, -0.1) is 11.3 Å². The SMILES string of the molecule is Cc1ccc(-c2ccnc3[nH]c(-c4n[nH]c5cnc(-c6cncc(CNCC7CCCC7)c6)cc45)cc23)s1. The zero-order chi connectivity index (χ0) is 25.5. The number of aryl methyl sites for hydroxylation is 1. The molecule has 1 saturated carbocycles. The van der Waals surface area contributed by atoms with Crippen molar-refractivity contribution >= 4 is 33.3 Å². The highest BCUT2D eigenvalue weighted by Gasteiger charge is 2.17. The van der Waals surface area contributed by atoms with E-state index in [-0.39, 0.29) is 0 Å². The van der Waals surface area contributed by atoms with Crippen molar-refractivity contribution in [3.05, 3.63) is 71.6 Å². The van der Waals surface area contributed by atoms with Crippen molar-refractivity contribution in [2.24, 2.45) is 5.92 Å².